The standard InChI is InChI=1S/C19H29N7O7/c20-15(28)4-3-12(17(30)25-13(19(32)33)6-10-7-21-9-23-10)24-18(31)14(8-27)26-16(29)11-2-1-5-22-11/h7,9,11-14,22,27H,1-6,8H2,(H2,20,28)(H,21,23)(H,24,31)(H,25,30)(H,26,29)(H,32,33). The third-order valence-corrected chi connectivity index (χ3v) is 5.10. The van der Waals surface area contributed by atoms with Crippen molar-refractivity contribution >= 4 is 29.6 Å². The van der Waals surface area contributed by atoms with Crippen molar-refractivity contribution in [3.05, 3.63) is 18.2 Å². The molecule has 1 aromatic heterocycles. The zero-order valence-electron chi connectivity index (χ0n) is 17.9. The van der Waals surface area contributed by atoms with Gasteiger partial charge in [0.1, 0.15) is 18.1 Å². The molecule has 0 saturated carbocycles. The van der Waals surface area contributed by atoms with E-state index >= 15 is 0 Å². The lowest BCUT2D eigenvalue weighted by molar-refractivity contribution is -0.142. The number of aromatic nitrogens is 2. The molecule has 0 aliphatic carbocycles. The summed E-state index contributed by atoms with van der Waals surface area (Å²) in [6.45, 7) is -0.0707. The average molecular weight is 467 g/mol. The summed E-state index contributed by atoms with van der Waals surface area (Å²) in [4.78, 5) is 66.9. The molecule has 1 saturated heterocycles. The normalized spacial score (nSPS) is 18.0. The van der Waals surface area contributed by atoms with Gasteiger partial charge in [0.2, 0.25) is 23.6 Å². The van der Waals surface area contributed by atoms with E-state index in [1.54, 1.807) is 0 Å². The van der Waals surface area contributed by atoms with Crippen LogP contribution in [0, 0.1) is 0 Å². The van der Waals surface area contributed by atoms with Crippen molar-refractivity contribution in [3.63, 3.8) is 0 Å². The van der Waals surface area contributed by atoms with E-state index in [1.165, 1.54) is 12.5 Å². The number of carboxylic acids is 1. The van der Waals surface area contributed by atoms with Crippen LogP contribution < -0.4 is 27.0 Å². The molecule has 1 fully saturated rings. The van der Waals surface area contributed by atoms with Gasteiger partial charge >= 0.3 is 5.97 Å². The number of H-pyrrole nitrogens is 1. The maximum atomic E-state index is 12.7. The van der Waals surface area contributed by atoms with Gasteiger partial charge in [-0.25, -0.2) is 9.78 Å². The minimum atomic E-state index is -1.34. The van der Waals surface area contributed by atoms with Gasteiger partial charge in [-0.05, 0) is 25.8 Å². The molecule has 14 nitrogen and oxygen atoms in total. The highest BCUT2D eigenvalue weighted by Gasteiger charge is 2.31. The molecule has 4 unspecified atom stereocenters. The predicted octanol–water partition coefficient (Wildman–Crippen LogP) is -3.50. The number of aliphatic carboxylic acids is 1. The van der Waals surface area contributed by atoms with Gasteiger partial charge in [-0.15, -0.1) is 0 Å². The monoisotopic (exact) mass is 467 g/mol. The molecule has 1 aliphatic heterocycles. The molecule has 0 spiro atoms. The van der Waals surface area contributed by atoms with Crippen LogP contribution in [0.25, 0.3) is 0 Å². The summed E-state index contributed by atoms with van der Waals surface area (Å²) < 4.78 is 0. The number of rotatable bonds is 13. The molecular weight excluding hydrogens is 438 g/mol. The summed E-state index contributed by atoms with van der Waals surface area (Å²) in [5.41, 5.74) is 5.60. The van der Waals surface area contributed by atoms with Crippen LogP contribution >= 0.6 is 0 Å². The molecule has 0 bridgehead atoms. The lowest BCUT2D eigenvalue weighted by Crippen LogP contribution is -2.58. The molecule has 9 N–H and O–H groups in total. The molecule has 14 heteroatoms. The maximum Gasteiger partial charge on any atom is 0.326 e. The summed E-state index contributed by atoms with van der Waals surface area (Å²) in [5.74, 6) is -4.24. The third kappa shape index (κ3) is 8.16. The van der Waals surface area contributed by atoms with Gasteiger partial charge in [-0.1, -0.05) is 0 Å². The Morgan fingerprint density at radius 1 is 1.12 bits per heavy atom. The first-order chi connectivity index (χ1) is 15.7. The molecule has 4 atom stereocenters. The minimum absolute atomic E-state index is 0.0960. The molecule has 1 aliphatic rings. The molecular formula is C19H29N7O7. The van der Waals surface area contributed by atoms with Crippen LogP contribution in [0.4, 0.5) is 0 Å². The van der Waals surface area contributed by atoms with Crippen molar-refractivity contribution < 1.29 is 34.2 Å². The topological polar surface area (TPSA) is 229 Å². The van der Waals surface area contributed by atoms with Crippen molar-refractivity contribution in [3.8, 4) is 0 Å². The summed E-state index contributed by atoms with van der Waals surface area (Å²) in [6.07, 6.45) is 3.58. The lowest BCUT2D eigenvalue weighted by Gasteiger charge is -2.24. The number of nitrogens with two attached hydrogens (primary N) is 1. The number of aliphatic hydroxyl groups excluding tert-OH is 1. The minimum Gasteiger partial charge on any atom is -0.480 e. The number of nitrogens with zero attached hydrogens (tertiary/aromatic N) is 1. The van der Waals surface area contributed by atoms with E-state index in [9.17, 15) is 34.2 Å². The van der Waals surface area contributed by atoms with Gasteiger partial charge in [0, 0.05) is 24.7 Å². The van der Waals surface area contributed by atoms with Crippen LogP contribution in [0.15, 0.2) is 12.5 Å². The van der Waals surface area contributed by atoms with Gasteiger partial charge in [-0.2, -0.15) is 0 Å². The molecule has 0 radical (unpaired) electrons. The predicted molar refractivity (Wildman–Crippen MR) is 112 cm³/mol. The number of hydrogen-bond acceptors (Lipinski definition) is 8. The van der Waals surface area contributed by atoms with Crippen LogP contribution in [0.3, 0.4) is 0 Å². The SMILES string of the molecule is NC(=O)CCC(NC(=O)C(CO)NC(=O)C1CCCN1)C(=O)NC(Cc1cnc[nH]1)C(=O)O. The second-order valence-corrected chi connectivity index (χ2v) is 7.64. The average Bonchev–Trinajstić information content (AvgIpc) is 3.48. The fourth-order valence-corrected chi connectivity index (χ4v) is 3.29. The summed E-state index contributed by atoms with van der Waals surface area (Å²) in [5, 5.41) is 29.0. The molecule has 2 heterocycles. The quantitative estimate of drug-likeness (QED) is 0.144. The number of carbonyl (C=O) groups is 5. The second-order valence-electron chi connectivity index (χ2n) is 7.64. The van der Waals surface area contributed by atoms with Gasteiger partial charge < -0.3 is 42.2 Å². The van der Waals surface area contributed by atoms with E-state index in [-0.39, 0.29) is 19.3 Å². The fraction of sp³-hybridized carbons (Fsp3) is 0.579. The van der Waals surface area contributed by atoms with E-state index in [4.69, 9.17) is 5.73 Å². The Bertz CT molecular complexity index is 840. The largest absolute Gasteiger partial charge is 0.480 e. The number of hydrogen-bond donors (Lipinski definition) is 8. The third-order valence-electron chi connectivity index (χ3n) is 5.10. The van der Waals surface area contributed by atoms with Crippen LogP contribution in [0.2, 0.25) is 0 Å². The van der Waals surface area contributed by atoms with Crippen molar-refractivity contribution in [2.45, 2.75) is 56.3 Å². The molecule has 1 aromatic rings. The molecule has 4 amide bonds. The highest BCUT2D eigenvalue weighted by atomic mass is 16.4. The first-order valence-corrected chi connectivity index (χ1v) is 10.4. The zero-order chi connectivity index (χ0) is 24.4. The summed E-state index contributed by atoms with van der Waals surface area (Å²) in [6, 6.07) is -4.50. The van der Waals surface area contributed by atoms with Crippen LogP contribution in [-0.4, -0.2) is 87.1 Å². The van der Waals surface area contributed by atoms with E-state index < -0.39 is 60.4 Å². The first kappa shape index (κ1) is 25.7. The Labute approximate surface area is 189 Å². The lowest BCUT2D eigenvalue weighted by atomic mass is 10.1. The van der Waals surface area contributed by atoms with Gasteiger partial charge in [0.25, 0.3) is 0 Å². The van der Waals surface area contributed by atoms with Crippen LogP contribution in [0.1, 0.15) is 31.4 Å². The smallest absolute Gasteiger partial charge is 0.326 e. The highest BCUT2D eigenvalue weighted by Crippen LogP contribution is 2.06. The van der Waals surface area contributed by atoms with E-state index in [0.29, 0.717) is 18.7 Å². The summed E-state index contributed by atoms with van der Waals surface area (Å²) >= 11 is 0. The Hall–Kier alpha value is -3.52. The Morgan fingerprint density at radius 3 is 2.36 bits per heavy atom. The fourth-order valence-electron chi connectivity index (χ4n) is 3.29. The van der Waals surface area contributed by atoms with Crippen LogP contribution in [-0.2, 0) is 30.4 Å². The highest BCUT2D eigenvalue weighted by molar-refractivity contribution is 5.94. The van der Waals surface area contributed by atoms with Gasteiger partial charge in [-0.3, -0.25) is 19.2 Å². The Morgan fingerprint density at radius 2 is 1.82 bits per heavy atom. The van der Waals surface area contributed by atoms with Crippen molar-refractivity contribution in [2.24, 2.45) is 5.73 Å². The zero-order valence-corrected chi connectivity index (χ0v) is 17.9. The number of imidazole rings is 1. The Kier molecular flexibility index (Phi) is 9.75. The molecule has 0 aromatic carbocycles. The number of aromatic amines is 1. The number of carboxylic acid groups (broad SMARTS) is 1. The van der Waals surface area contributed by atoms with E-state index in [1.807, 2.05) is 0 Å². The van der Waals surface area contributed by atoms with Crippen molar-refractivity contribution in [1.29, 1.82) is 0 Å². The number of aliphatic hydroxyl groups is 1. The van der Waals surface area contributed by atoms with Gasteiger partial charge in [0.15, 0.2) is 0 Å². The van der Waals surface area contributed by atoms with Crippen molar-refractivity contribution in [2.75, 3.05) is 13.2 Å². The number of nitrogens with one attached hydrogen (secondary N) is 5. The second kappa shape index (κ2) is 12.5. The maximum absolute atomic E-state index is 12.7. The van der Waals surface area contributed by atoms with Crippen LogP contribution in [0.5, 0.6) is 0 Å². The number of amides is 4. The van der Waals surface area contributed by atoms with Gasteiger partial charge in [0.05, 0.1) is 19.0 Å². The molecule has 33 heavy (non-hydrogen) atoms. The molecule has 2 rings (SSSR count). The summed E-state index contributed by atoms with van der Waals surface area (Å²) in [7, 11) is 0. The van der Waals surface area contributed by atoms with E-state index in [2.05, 4.69) is 31.2 Å². The van der Waals surface area contributed by atoms with Crippen molar-refractivity contribution in [1.82, 2.24) is 31.2 Å². The Balaban J connectivity index is 2.04. The first-order valence-electron chi connectivity index (χ1n) is 10.4. The van der Waals surface area contributed by atoms with E-state index in [0.717, 1.165) is 6.42 Å². The molecule has 182 valence electrons. The number of carbonyl (C=O) groups excluding carboxylic acids is 4. The number of primary amides is 1.